The van der Waals surface area contributed by atoms with E-state index in [9.17, 15) is 14.3 Å². The summed E-state index contributed by atoms with van der Waals surface area (Å²) in [5.41, 5.74) is 1.29. The van der Waals surface area contributed by atoms with Crippen LogP contribution in [0.4, 0.5) is 9.18 Å². The van der Waals surface area contributed by atoms with Crippen LogP contribution in [0.1, 0.15) is 17.4 Å². The van der Waals surface area contributed by atoms with Gasteiger partial charge in [-0.2, -0.15) is 0 Å². The predicted octanol–water partition coefficient (Wildman–Crippen LogP) is 1.75. The summed E-state index contributed by atoms with van der Waals surface area (Å²) in [6, 6.07) is 10.5. The van der Waals surface area contributed by atoms with Crippen LogP contribution < -0.4 is 10.6 Å². The molecule has 3 N–H and O–H groups in total. The summed E-state index contributed by atoms with van der Waals surface area (Å²) in [5.74, 6) is -0.369. The van der Waals surface area contributed by atoms with Gasteiger partial charge in [-0.25, -0.2) is 9.18 Å². The van der Waals surface area contributed by atoms with E-state index in [4.69, 9.17) is 0 Å². The van der Waals surface area contributed by atoms with E-state index in [1.807, 2.05) is 6.07 Å². The van der Waals surface area contributed by atoms with Gasteiger partial charge in [-0.15, -0.1) is 0 Å². The van der Waals surface area contributed by atoms with Crippen molar-refractivity contribution in [2.45, 2.75) is 12.6 Å². The summed E-state index contributed by atoms with van der Waals surface area (Å²) in [5, 5.41) is 15.0. The number of urea groups is 1. The third kappa shape index (κ3) is 4.85. The first kappa shape index (κ1) is 14.9. The zero-order valence-corrected chi connectivity index (χ0v) is 11.3. The van der Waals surface area contributed by atoms with Crippen molar-refractivity contribution in [2.24, 2.45) is 0 Å². The Morgan fingerprint density at radius 2 is 1.95 bits per heavy atom. The predicted molar refractivity (Wildman–Crippen MR) is 75.8 cm³/mol. The molecular weight excluding hydrogens is 273 g/mol. The van der Waals surface area contributed by atoms with Crippen LogP contribution in [0, 0.1) is 5.82 Å². The number of amides is 2. The number of aromatic nitrogens is 1. The van der Waals surface area contributed by atoms with Gasteiger partial charge >= 0.3 is 6.03 Å². The number of nitrogens with zero attached hydrogens (tertiary/aromatic N) is 1. The summed E-state index contributed by atoms with van der Waals surface area (Å²) in [6.07, 6.45) is 0.763. The van der Waals surface area contributed by atoms with Crippen molar-refractivity contribution < 1.29 is 14.3 Å². The van der Waals surface area contributed by atoms with E-state index >= 15 is 0 Å². The molecule has 6 heteroatoms. The second kappa shape index (κ2) is 7.35. The van der Waals surface area contributed by atoms with E-state index in [0.717, 1.165) is 5.69 Å². The van der Waals surface area contributed by atoms with Gasteiger partial charge in [-0.3, -0.25) is 4.98 Å². The second-order valence-corrected chi connectivity index (χ2v) is 4.45. The number of nitrogens with one attached hydrogen (secondary N) is 2. The number of carbonyl (C=O) groups excluding carboxylic acids is 1. The Balaban J connectivity index is 1.74. The van der Waals surface area contributed by atoms with Crippen LogP contribution in [-0.2, 0) is 6.54 Å². The highest BCUT2D eigenvalue weighted by Crippen LogP contribution is 2.12. The van der Waals surface area contributed by atoms with Gasteiger partial charge in [0, 0.05) is 12.7 Å². The number of carbonyl (C=O) groups is 1. The van der Waals surface area contributed by atoms with Crippen LogP contribution in [-0.4, -0.2) is 22.7 Å². The monoisotopic (exact) mass is 289 g/mol. The molecule has 1 heterocycles. The Morgan fingerprint density at radius 1 is 1.19 bits per heavy atom. The average molecular weight is 289 g/mol. The minimum absolute atomic E-state index is 0.0414. The van der Waals surface area contributed by atoms with Crippen LogP contribution >= 0.6 is 0 Å². The molecule has 0 bridgehead atoms. The van der Waals surface area contributed by atoms with Gasteiger partial charge in [-0.1, -0.05) is 18.2 Å². The SMILES string of the molecule is O=C(NCc1ccccn1)NCC(O)c1ccc(F)cc1. The molecule has 110 valence electrons. The minimum atomic E-state index is -0.883. The first-order valence-corrected chi connectivity index (χ1v) is 6.50. The number of aliphatic hydroxyl groups excluding tert-OH is 1. The van der Waals surface area contributed by atoms with Gasteiger partial charge in [-0.05, 0) is 29.8 Å². The summed E-state index contributed by atoms with van der Waals surface area (Å²) in [6.45, 7) is 0.346. The zero-order chi connectivity index (χ0) is 15.1. The van der Waals surface area contributed by atoms with Crippen molar-refractivity contribution in [1.82, 2.24) is 15.6 Å². The third-order valence-electron chi connectivity index (χ3n) is 2.87. The lowest BCUT2D eigenvalue weighted by Crippen LogP contribution is -2.37. The summed E-state index contributed by atoms with van der Waals surface area (Å²) >= 11 is 0. The molecule has 1 aromatic heterocycles. The van der Waals surface area contributed by atoms with Gasteiger partial charge in [0.2, 0.25) is 0 Å². The molecule has 0 aliphatic heterocycles. The molecule has 0 aliphatic carbocycles. The standard InChI is InChI=1S/C15H16FN3O2/c16-12-6-4-11(5-7-12)14(20)10-19-15(21)18-9-13-3-1-2-8-17-13/h1-8,14,20H,9-10H2,(H2,18,19,21). The van der Waals surface area contributed by atoms with Crippen LogP contribution in [0.3, 0.4) is 0 Å². The highest BCUT2D eigenvalue weighted by molar-refractivity contribution is 5.73. The maximum Gasteiger partial charge on any atom is 0.315 e. The summed E-state index contributed by atoms with van der Waals surface area (Å²) in [4.78, 5) is 15.7. The Morgan fingerprint density at radius 3 is 2.62 bits per heavy atom. The number of benzene rings is 1. The van der Waals surface area contributed by atoms with Gasteiger partial charge in [0.15, 0.2) is 0 Å². The smallest absolute Gasteiger partial charge is 0.315 e. The van der Waals surface area contributed by atoms with E-state index in [2.05, 4.69) is 15.6 Å². The minimum Gasteiger partial charge on any atom is -0.387 e. The number of rotatable bonds is 5. The molecular formula is C15H16FN3O2. The largest absolute Gasteiger partial charge is 0.387 e. The van der Waals surface area contributed by atoms with Crippen LogP contribution in [0.25, 0.3) is 0 Å². The second-order valence-electron chi connectivity index (χ2n) is 4.45. The van der Waals surface area contributed by atoms with Crippen LogP contribution in [0.15, 0.2) is 48.7 Å². The Bertz CT molecular complexity index is 575. The van der Waals surface area contributed by atoms with Crippen molar-refractivity contribution >= 4 is 6.03 Å². The molecule has 0 spiro atoms. The molecule has 1 atom stereocenters. The number of hydrogen-bond acceptors (Lipinski definition) is 3. The normalized spacial score (nSPS) is 11.7. The molecule has 1 unspecified atom stereocenters. The molecule has 2 amide bonds. The Labute approximate surface area is 121 Å². The lowest BCUT2D eigenvalue weighted by Gasteiger charge is -2.12. The van der Waals surface area contributed by atoms with Crippen molar-refractivity contribution in [2.75, 3.05) is 6.54 Å². The fraction of sp³-hybridized carbons (Fsp3) is 0.200. The van der Waals surface area contributed by atoms with E-state index in [1.165, 1.54) is 24.3 Å². The van der Waals surface area contributed by atoms with Crippen LogP contribution in [0.2, 0.25) is 0 Å². The van der Waals surface area contributed by atoms with E-state index in [0.29, 0.717) is 12.1 Å². The highest BCUT2D eigenvalue weighted by Gasteiger charge is 2.09. The molecule has 0 fully saturated rings. The van der Waals surface area contributed by atoms with E-state index < -0.39 is 12.1 Å². The van der Waals surface area contributed by atoms with Gasteiger partial charge in [0.25, 0.3) is 0 Å². The van der Waals surface area contributed by atoms with Gasteiger partial charge < -0.3 is 15.7 Å². The Kier molecular flexibility index (Phi) is 5.22. The third-order valence-corrected chi connectivity index (χ3v) is 2.87. The van der Waals surface area contributed by atoms with Crippen molar-refractivity contribution in [3.63, 3.8) is 0 Å². The molecule has 21 heavy (non-hydrogen) atoms. The summed E-state index contributed by atoms with van der Waals surface area (Å²) in [7, 11) is 0. The van der Waals surface area contributed by atoms with Crippen molar-refractivity contribution in [3.05, 3.63) is 65.7 Å². The maximum absolute atomic E-state index is 12.8. The molecule has 0 saturated heterocycles. The number of halogens is 1. The fourth-order valence-electron chi connectivity index (χ4n) is 1.73. The first-order valence-electron chi connectivity index (χ1n) is 6.50. The topological polar surface area (TPSA) is 74.2 Å². The molecule has 2 aromatic rings. The van der Waals surface area contributed by atoms with E-state index in [-0.39, 0.29) is 12.4 Å². The van der Waals surface area contributed by atoms with Crippen LogP contribution in [0.5, 0.6) is 0 Å². The number of pyridine rings is 1. The van der Waals surface area contributed by atoms with Crippen molar-refractivity contribution in [1.29, 1.82) is 0 Å². The number of aliphatic hydroxyl groups is 1. The fourth-order valence-corrected chi connectivity index (χ4v) is 1.73. The molecule has 0 saturated carbocycles. The molecule has 0 radical (unpaired) electrons. The van der Waals surface area contributed by atoms with E-state index in [1.54, 1.807) is 18.3 Å². The molecule has 2 rings (SSSR count). The summed E-state index contributed by atoms with van der Waals surface area (Å²) < 4.78 is 12.8. The van der Waals surface area contributed by atoms with Gasteiger partial charge in [0.05, 0.1) is 18.3 Å². The zero-order valence-electron chi connectivity index (χ0n) is 11.3. The molecule has 5 nitrogen and oxygen atoms in total. The lowest BCUT2D eigenvalue weighted by molar-refractivity contribution is 0.173. The Hall–Kier alpha value is -2.47. The average Bonchev–Trinajstić information content (AvgIpc) is 2.52. The number of hydrogen-bond donors (Lipinski definition) is 3. The van der Waals surface area contributed by atoms with Crippen molar-refractivity contribution in [3.8, 4) is 0 Å². The quantitative estimate of drug-likeness (QED) is 0.785. The highest BCUT2D eigenvalue weighted by atomic mass is 19.1. The van der Waals surface area contributed by atoms with Gasteiger partial charge in [0.1, 0.15) is 5.82 Å². The maximum atomic E-state index is 12.8. The molecule has 0 aliphatic rings. The molecule has 1 aromatic carbocycles. The first-order chi connectivity index (χ1) is 10.1. The lowest BCUT2D eigenvalue weighted by atomic mass is 10.1.